The largest absolute Gasteiger partial charge is 0.449 e. The van der Waals surface area contributed by atoms with Gasteiger partial charge in [0.15, 0.2) is 5.43 Å². The summed E-state index contributed by atoms with van der Waals surface area (Å²) in [4.78, 5) is 29.6. The Morgan fingerprint density at radius 2 is 1.96 bits per heavy atom. The average molecular weight is 386 g/mol. The SMILES string of the molecule is Cc1c(COCC2(COC(=O)N3CCOCC3)CC2)[nH]c2ccccc2c1=O. The summed E-state index contributed by atoms with van der Waals surface area (Å²) >= 11 is 0. The molecule has 1 aliphatic heterocycles. The van der Waals surface area contributed by atoms with Gasteiger partial charge in [-0.15, -0.1) is 0 Å². The first-order chi connectivity index (χ1) is 13.6. The number of fused-ring (bicyclic) bond motifs is 1. The van der Waals surface area contributed by atoms with E-state index in [0.717, 1.165) is 24.1 Å². The molecule has 1 amide bonds. The first-order valence-corrected chi connectivity index (χ1v) is 9.76. The summed E-state index contributed by atoms with van der Waals surface area (Å²) in [7, 11) is 0. The Bertz CT molecular complexity index is 913. The second-order valence-corrected chi connectivity index (χ2v) is 7.75. The molecule has 28 heavy (non-hydrogen) atoms. The zero-order valence-electron chi connectivity index (χ0n) is 16.2. The van der Waals surface area contributed by atoms with E-state index in [1.165, 1.54) is 0 Å². The monoisotopic (exact) mass is 386 g/mol. The van der Waals surface area contributed by atoms with E-state index < -0.39 is 0 Å². The Morgan fingerprint density at radius 3 is 2.71 bits per heavy atom. The molecule has 7 nitrogen and oxygen atoms in total. The Kier molecular flexibility index (Phi) is 5.37. The standard InChI is InChI=1S/C21H26N2O5/c1-15-18(22-17-5-3-2-4-16(17)19(15)24)12-27-13-21(6-7-21)14-28-20(25)23-8-10-26-11-9-23/h2-5H,6-14H2,1H3,(H,22,24). The number of aromatic nitrogens is 1. The molecule has 7 heteroatoms. The van der Waals surface area contributed by atoms with Gasteiger partial charge in [-0.05, 0) is 31.9 Å². The van der Waals surface area contributed by atoms with Gasteiger partial charge in [-0.25, -0.2) is 4.79 Å². The highest BCUT2D eigenvalue weighted by Crippen LogP contribution is 2.46. The molecule has 0 unspecified atom stereocenters. The van der Waals surface area contributed by atoms with Crippen LogP contribution < -0.4 is 5.43 Å². The molecule has 2 fully saturated rings. The van der Waals surface area contributed by atoms with Gasteiger partial charge < -0.3 is 24.1 Å². The van der Waals surface area contributed by atoms with Crippen molar-refractivity contribution in [3.05, 3.63) is 45.7 Å². The van der Waals surface area contributed by atoms with Gasteiger partial charge in [-0.2, -0.15) is 0 Å². The molecule has 2 aliphatic rings. The van der Waals surface area contributed by atoms with E-state index in [-0.39, 0.29) is 16.9 Å². The van der Waals surface area contributed by atoms with Gasteiger partial charge in [-0.1, -0.05) is 12.1 Å². The number of para-hydroxylation sites is 1. The minimum absolute atomic E-state index is 0.0357. The van der Waals surface area contributed by atoms with E-state index in [1.54, 1.807) is 4.90 Å². The fourth-order valence-corrected chi connectivity index (χ4v) is 3.46. The van der Waals surface area contributed by atoms with E-state index in [9.17, 15) is 9.59 Å². The van der Waals surface area contributed by atoms with Crippen LogP contribution in [0.25, 0.3) is 10.9 Å². The molecule has 4 rings (SSSR count). The molecule has 1 aromatic heterocycles. The number of amides is 1. The van der Waals surface area contributed by atoms with Crippen LogP contribution in [0.5, 0.6) is 0 Å². The number of rotatable bonds is 6. The topological polar surface area (TPSA) is 80.9 Å². The molecule has 1 saturated carbocycles. The summed E-state index contributed by atoms with van der Waals surface area (Å²) in [5, 5.41) is 0.692. The molecule has 2 aromatic rings. The third-order valence-corrected chi connectivity index (χ3v) is 5.63. The van der Waals surface area contributed by atoms with Gasteiger partial charge in [-0.3, -0.25) is 4.79 Å². The van der Waals surface area contributed by atoms with Crippen molar-refractivity contribution in [2.24, 2.45) is 5.41 Å². The summed E-state index contributed by atoms with van der Waals surface area (Å²) in [6.07, 6.45) is 1.69. The fourth-order valence-electron chi connectivity index (χ4n) is 3.46. The lowest BCUT2D eigenvalue weighted by atomic mass is 10.1. The van der Waals surface area contributed by atoms with E-state index in [4.69, 9.17) is 14.2 Å². The van der Waals surface area contributed by atoms with Gasteiger partial charge in [0.1, 0.15) is 6.61 Å². The molecule has 1 aliphatic carbocycles. The van der Waals surface area contributed by atoms with Gasteiger partial charge in [0.25, 0.3) is 0 Å². The zero-order chi connectivity index (χ0) is 19.6. The molecule has 1 saturated heterocycles. The molecule has 1 aromatic carbocycles. The number of benzene rings is 1. The van der Waals surface area contributed by atoms with Crippen molar-refractivity contribution in [1.82, 2.24) is 9.88 Å². The van der Waals surface area contributed by atoms with Crippen LogP contribution in [0.1, 0.15) is 24.1 Å². The van der Waals surface area contributed by atoms with Crippen LogP contribution in [-0.4, -0.2) is 55.5 Å². The Labute approximate surface area is 163 Å². The third kappa shape index (κ3) is 4.05. The number of nitrogens with zero attached hydrogens (tertiary/aromatic N) is 1. The zero-order valence-corrected chi connectivity index (χ0v) is 16.2. The molecule has 0 radical (unpaired) electrons. The lowest BCUT2D eigenvalue weighted by molar-refractivity contribution is 0.00712. The van der Waals surface area contributed by atoms with Crippen molar-refractivity contribution in [2.75, 3.05) is 39.5 Å². The number of H-pyrrole nitrogens is 1. The molecule has 0 atom stereocenters. The van der Waals surface area contributed by atoms with Crippen LogP contribution in [0, 0.1) is 12.3 Å². The minimum Gasteiger partial charge on any atom is -0.449 e. The third-order valence-electron chi connectivity index (χ3n) is 5.63. The maximum absolute atomic E-state index is 12.5. The number of aromatic amines is 1. The first-order valence-electron chi connectivity index (χ1n) is 9.76. The normalized spacial score (nSPS) is 18.2. The van der Waals surface area contributed by atoms with Crippen molar-refractivity contribution in [3.8, 4) is 0 Å². The fraction of sp³-hybridized carbons (Fsp3) is 0.524. The van der Waals surface area contributed by atoms with Gasteiger partial charge in [0.05, 0.1) is 26.4 Å². The number of ether oxygens (including phenoxy) is 3. The van der Waals surface area contributed by atoms with E-state index in [2.05, 4.69) is 4.98 Å². The summed E-state index contributed by atoms with van der Waals surface area (Å²) < 4.78 is 16.7. The summed E-state index contributed by atoms with van der Waals surface area (Å²) in [5.74, 6) is 0. The Morgan fingerprint density at radius 1 is 1.21 bits per heavy atom. The minimum atomic E-state index is -0.274. The second-order valence-electron chi connectivity index (χ2n) is 7.75. The average Bonchev–Trinajstić information content (AvgIpc) is 3.50. The molecule has 2 heterocycles. The highest BCUT2D eigenvalue weighted by molar-refractivity contribution is 5.79. The number of morpholine rings is 1. The van der Waals surface area contributed by atoms with E-state index in [1.807, 2.05) is 31.2 Å². The van der Waals surface area contributed by atoms with Crippen molar-refractivity contribution in [2.45, 2.75) is 26.4 Å². The quantitative estimate of drug-likeness (QED) is 0.825. The highest BCUT2D eigenvalue weighted by Gasteiger charge is 2.44. The Balaban J connectivity index is 1.31. The maximum atomic E-state index is 12.5. The van der Waals surface area contributed by atoms with Crippen LogP contribution in [0.15, 0.2) is 29.1 Å². The van der Waals surface area contributed by atoms with Crippen molar-refractivity contribution < 1.29 is 19.0 Å². The molecule has 150 valence electrons. The highest BCUT2D eigenvalue weighted by atomic mass is 16.6. The predicted molar refractivity (Wildman–Crippen MR) is 104 cm³/mol. The smallest absolute Gasteiger partial charge is 0.409 e. The number of pyridine rings is 1. The number of nitrogens with one attached hydrogen (secondary N) is 1. The van der Waals surface area contributed by atoms with Crippen LogP contribution >= 0.6 is 0 Å². The summed E-state index contributed by atoms with van der Waals surface area (Å²) in [6.45, 7) is 5.33. The molecule has 0 bridgehead atoms. The molecular formula is C21H26N2O5. The van der Waals surface area contributed by atoms with E-state index >= 15 is 0 Å². The molecular weight excluding hydrogens is 360 g/mol. The predicted octanol–water partition coefficient (Wildman–Crippen LogP) is 2.60. The van der Waals surface area contributed by atoms with Crippen molar-refractivity contribution in [3.63, 3.8) is 0 Å². The summed E-state index contributed by atoms with van der Waals surface area (Å²) in [5.41, 5.74) is 2.24. The lowest BCUT2D eigenvalue weighted by Crippen LogP contribution is -2.41. The van der Waals surface area contributed by atoms with Crippen LogP contribution in [0.3, 0.4) is 0 Å². The summed E-state index contributed by atoms with van der Waals surface area (Å²) in [6, 6.07) is 7.49. The van der Waals surface area contributed by atoms with Crippen LogP contribution in [0.4, 0.5) is 4.79 Å². The maximum Gasteiger partial charge on any atom is 0.409 e. The number of hydrogen-bond donors (Lipinski definition) is 1. The van der Waals surface area contributed by atoms with Gasteiger partial charge in [0, 0.05) is 40.7 Å². The van der Waals surface area contributed by atoms with Crippen LogP contribution in [0.2, 0.25) is 0 Å². The first kappa shape index (κ1) is 19.0. The number of hydrogen-bond acceptors (Lipinski definition) is 5. The lowest BCUT2D eigenvalue weighted by Gasteiger charge is -2.27. The molecule has 0 spiro atoms. The number of carbonyl (C=O) groups is 1. The molecule has 1 N–H and O–H groups in total. The van der Waals surface area contributed by atoms with E-state index in [0.29, 0.717) is 57.1 Å². The van der Waals surface area contributed by atoms with Gasteiger partial charge in [0.2, 0.25) is 0 Å². The number of carbonyl (C=O) groups excluding carboxylic acids is 1. The van der Waals surface area contributed by atoms with Crippen molar-refractivity contribution in [1.29, 1.82) is 0 Å². The van der Waals surface area contributed by atoms with Gasteiger partial charge >= 0.3 is 6.09 Å². The van der Waals surface area contributed by atoms with Crippen molar-refractivity contribution >= 4 is 17.0 Å². The second kappa shape index (κ2) is 7.93. The Hall–Kier alpha value is -2.38. The van der Waals surface area contributed by atoms with Crippen LogP contribution in [-0.2, 0) is 20.8 Å².